The zero-order chi connectivity index (χ0) is 14.4. The van der Waals surface area contributed by atoms with Crippen LogP contribution in [0.1, 0.15) is 25.3 Å². The van der Waals surface area contributed by atoms with Crippen molar-refractivity contribution in [2.24, 2.45) is 11.7 Å². The third-order valence-corrected chi connectivity index (χ3v) is 3.25. The second-order valence-electron chi connectivity index (χ2n) is 5.22. The molecule has 1 unspecified atom stereocenters. The van der Waals surface area contributed by atoms with Gasteiger partial charge < -0.3 is 16.0 Å². The van der Waals surface area contributed by atoms with E-state index in [0.717, 1.165) is 24.2 Å². The van der Waals surface area contributed by atoms with Crippen LogP contribution in [-0.2, 0) is 4.79 Å². The Bertz CT molecular complexity index is 429. The summed E-state index contributed by atoms with van der Waals surface area (Å²) < 4.78 is 0. The van der Waals surface area contributed by atoms with Crippen LogP contribution in [0.15, 0.2) is 18.2 Å². The molecule has 0 saturated heterocycles. The first-order chi connectivity index (χ1) is 8.95. The minimum atomic E-state index is -0.00680. The lowest BCUT2D eigenvalue weighted by Gasteiger charge is -2.18. The molecule has 4 nitrogen and oxygen atoms in total. The van der Waals surface area contributed by atoms with Crippen LogP contribution in [0.25, 0.3) is 0 Å². The van der Waals surface area contributed by atoms with Gasteiger partial charge in [-0.15, -0.1) is 0 Å². The molecule has 0 bridgehead atoms. The molecule has 19 heavy (non-hydrogen) atoms. The minimum Gasteiger partial charge on any atom is -0.377 e. The number of anilines is 2. The molecule has 0 aliphatic heterocycles. The highest BCUT2D eigenvalue weighted by Crippen LogP contribution is 2.23. The number of rotatable bonds is 6. The number of carbonyl (C=O) groups is 1. The fourth-order valence-electron chi connectivity index (χ4n) is 1.99. The van der Waals surface area contributed by atoms with Crippen molar-refractivity contribution in [3.63, 3.8) is 0 Å². The number of nitrogens with two attached hydrogens (primary N) is 1. The molecule has 106 valence electrons. The lowest BCUT2D eigenvalue weighted by atomic mass is 10.0. The maximum absolute atomic E-state index is 12.0. The number of carbonyl (C=O) groups excluding carboxylic acids is 1. The predicted molar refractivity (Wildman–Crippen MR) is 81.6 cm³/mol. The van der Waals surface area contributed by atoms with Crippen molar-refractivity contribution < 1.29 is 4.79 Å². The molecule has 1 amide bonds. The third-order valence-electron chi connectivity index (χ3n) is 3.25. The van der Waals surface area contributed by atoms with E-state index < -0.39 is 0 Å². The summed E-state index contributed by atoms with van der Waals surface area (Å²) in [5, 5.41) is 2.97. The molecule has 1 rings (SSSR count). The number of benzene rings is 1. The quantitative estimate of drug-likeness (QED) is 0.828. The smallest absolute Gasteiger partial charge is 0.227 e. The molecule has 4 heteroatoms. The molecule has 0 heterocycles. The van der Waals surface area contributed by atoms with E-state index in [1.807, 2.05) is 44.1 Å². The van der Waals surface area contributed by atoms with Gasteiger partial charge in [-0.05, 0) is 44.0 Å². The first kappa shape index (κ1) is 15.5. The number of nitrogens with zero attached hydrogens (tertiary/aromatic N) is 1. The summed E-state index contributed by atoms with van der Waals surface area (Å²) in [6.07, 6.45) is 1.71. The standard InChI is InChI=1S/C15H25N3O/c1-11-7-8-13(10-14(11)18(3)4)17-15(19)12(2)6-5-9-16/h7-8,10,12H,5-6,9,16H2,1-4H3,(H,17,19). The monoisotopic (exact) mass is 263 g/mol. The summed E-state index contributed by atoms with van der Waals surface area (Å²) in [5.74, 6) is 0.0506. The van der Waals surface area contributed by atoms with E-state index in [-0.39, 0.29) is 11.8 Å². The van der Waals surface area contributed by atoms with Crippen molar-refractivity contribution in [2.45, 2.75) is 26.7 Å². The highest BCUT2D eigenvalue weighted by Gasteiger charge is 2.13. The van der Waals surface area contributed by atoms with Crippen LogP contribution >= 0.6 is 0 Å². The van der Waals surface area contributed by atoms with Gasteiger partial charge in [0, 0.05) is 31.4 Å². The highest BCUT2D eigenvalue weighted by atomic mass is 16.1. The Balaban J connectivity index is 2.71. The summed E-state index contributed by atoms with van der Waals surface area (Å²) in [4.78, 5) is 14.1. The Hall–Kier alpha value is -1.55. The van der Waals surface area contributed by atoms with E-state index >= 15 is 0 Å². The molecule has 0 saturated carbocycles. The van der Waals surface area contributed by atoms with Gasteiger partial charge in [0.1, 0.15) is 0 Å². The molecule has 1 aromatic rings. The zero-order valence-corrected chi connectivity index (χ0v) is 12.4. The summed E-state index contributed by atoms with van der Waals surface area (Å²) in [6.45, 7) is 4.63. The highest BCUT2D eigenvalue weighted by molar-refractivity contribution is 5.92. The van der Waals surface area contributed by atoms with Gasteiger partial charge in [0.25, 0.3) is 0 Å². The molecular formula is C15H25N3O. The van der Waals surface area contributed by atoms with Crippen molar-refractivity contribution in [2.75, 3.05) is 30.9 Å². The van der Waals surface area contributed by atoms with Gasteiger partial charge in [0.15, 0.2) is 0 Å². The fraction of sp³-hybridized carbons (Fsp3) is 0.533. The van der Waals surface area contributed by atoms with Crippen molar-refractivity contribution in [3.8, 4) is 0 Å². The molecule has 0 fully saturated rings. The zero-order valence-electron chi connectivity index (χ0n) is 12.4. The number of aryl methyl sites for hydroxylation is 1. The van der Waals surface area contributed by atoms with Gasteiger partial charge in [-0.25, -0.2) is 0 Å². The first-order valence-electron chi connectivity index (χ1n) is 6.74. The fourth-order valence-corrected chi connectivity index (χ4v) is 1.99. The maximum atomic E-state index is 12.0. The van der Waals surface area contributed by atoms with Gasteiger partial charge in [-0.1, -0.05) is 13.0 Å². The SMILES string of the molecule is Cc1ccc(NC(=O)C(C)CCCN)cc1N(C)C. The Labute approximate surface area is 116 Å². The van der Waals surface area contributed by atoms with Gasteiger partial charge in [-0.2, -0.15) is 0 Å². The largest absolute Gasteiger partial charge is 0.377 e. The Kier molecular flexibility index (Phi) is 5.83. The van der Waals surface area contributed by atoms with Gasteiger partial charge >= 0.3 is 0 Å². The van der Waals surface area contributed by atoms with Crippen molar-refractivity contribution in [1.82, 2.24) is 0 Å². The molecule has 0 aliphatic rings. The average Bonchev–Trinajstić information content (AvgIpc) is 2.37. The molecule has 3 N–H and O–H groups in total. The number of amides is 1. The third kappa shape index (κ3) is 4.56. The van der Waals surface area contributed by atoms with Gasteiger partial charge in [0.05, 0.1) is 0 Å². The number of nitrogens with one attached hydrogen (secondary N) is 1. The van der Waals surface area contributed by atoms with E-state index in [1.54, 1.807) is 0 Å². The Morgan fingerprint density at radius 1 is 1.42 bits per heavy atom. The van der Waals surface area contributed by atoms with Crippen LogP contribution in [0.3, 0.4) is 0 Å². The molecular weight excluding hydrogens is 238 g/mol. The summed E-state index contributed by atoms with van der Waals surface area (Å²) >= 11 is 0. The van der Waals surface area contributed by atoms with E-state index in [0.29, 0.717) is 6.54 Å². The molecule has 0 radical (unpaired) electrons. The normalized spacial score (nSPS) is 12.1. The van der Waals surface area contributed by atoms with Crippen molar-refractivity contribution >= 4 is 17.3 Å². The summed E-state index contributed by atoms with van der Waals surface area (Å²) in [7, 11) is 4.00. The van der Waals surface area contributed by atoms with Crippen molar-refractivity contribution in [1.29, 1.82) is 0 Å². The van der Waals surface area contributed by atoms with Crippen molar-refractivity contribution in [3.05, 3.63) is 23.8 Å². The van der Waals surface area contributed by atoms with Crippen LogP contribution in [0.4, 0.5) is 11.4 Å². The first-order valence-corrected chi connectivity index (χ1v) is 6.74. The predicted octanol–water partition coefficient (Wildman–Crippen LogP) is 2.37. The van der Waals surface area contributed by atoms with E-state index in [9.17, 15) is 4.79 Å². The molecule has 1 aromatic carbocycles. The molecule has 1 atom stereocenters. The summed E-state index contributed by atoms with van der Waals surface area (Å²) in [6, 6.07) is 5.97. The van der Waals surface area contributed by atoms with E-state index in [4.69, 9.17) is 5.73 Å². The number of hydrogen-bond acceptors (Lipinski definition) is 3. The lowest BCUT2D eigenvalue weighted by molar-refractivity contribution is -0.119. The molecule has 0 aromatic heterocycles. The molecule has 0 spiro atoms. The average molecular weight is 263 g/mol. The molecule has 0 aliphatic carbocycles. The van der Waals surface area contributed by atoms with E-state index in [2.05, 4.69) is 12.2 Å². The Morgan fingerprint density at radius 2 is 2.11 bits per heavy atom. The van der Waals surface area contributed by atoms with Gasteiger partial charge in [0.2, 0.25) is 5.91 Å². The second-order valence-corrected chi connectivity index (χ2v) is 5.22. The van der Waals surface area contributed by atoms with E-state index in [1.165, 1.54) is 5.56 Å². The van der Waals surface area contributed by atoms with Crippen LogP contribution in [0.5, 0.6) is 0 Å². The Morgan fingerprint density at radius 3 is 2.68 bits per heavy atom. The number of hydrogen-bond donors (Lipinski definition) is 2. The maximum Gasteiger partial charge on any atom is 0.227 e. The van der Waals surface area contributed by atoms with Crippen LogP contribution in [-0.4, -0.2) is 26.5 Å². The topological polar surface area (TPSA) is 58.4 Å². The lowest BCUT2D eigenvalue weighted by Crippen LogP contribution is -2.21. The minimum absolute atomic E-state index is 0.00680. The van der Waals surface area contributed by atoms with Gasteiger partial charge in [-0.3, -0.25) is 4.79 Å². The summed E-state index contributed by atoms with van der Waals surface area (Å²) in [5.41, 5.74) is 8.62. The van der Waals surface area contributed by atoms with Crippen LogP contribution in [0, 0.1) is 12.8 Å². The van der Waals surface area contributed by atoms with Crippen LogP contribution in [0.2, 0.25) is 0 Å². The van der Waals surface area contributed by atoms with Crippen LogP contribution < -0.4 is 16.0 Å². The second kappa shape index (κ2) is 7.14.